The van der Waals surface area contributed by atoms with E-state index in [2.05, 4.69) is 46.3 Å². The zero-order valence-corrected chi connectivity index (χ0v) is 16.8. The Morgan fingerprint density at radius 1 is 1.04 bits per heavy atom. The SMILES string of the molecule is C(=C1CCCN=C1c1cccnc1)c1cccc(N2CCOCC2)c1.Cl.Cl. The fourth-order valence-electron chi connectivity index (χ4n) is 3.43. The number of nitrogens with zero attached hydrogens (tertiary/aromatic N) is 3. The zero-order valence-electron chi connectivity index (χ0n) is 15.2. The van der Waals surface area contributed by atoms with Crippen molar-refractivity contribution in [1.29, 1.82) is 0 Å². The summed E-state index contributed by atoms with van der Waals surface area (Å²) in [6, 6.07) is 12.8. The predicted octanol–water partition coefficient (Wildman–Crippen LogP) is 4.43. The minimum absolute atomic E-state index is 0. The molecule has 4 rings (SSSR count). The normalized spacial score (nSPS) is 18.3. The van der Waals surface area contributed by atoms with Crippen molar-refractivity contribution in [2.75, 3.05) is 37.7 Å². The molecule has 2 aromatic rings. The Bertz CT molecular complexity index is 787. The summed E-state index contributed by atoms with van der Waals surface area (Å²) >= 11 is 0. The molecule has 2 aliphatic rings. The van der Waals surface area contributed by atoms with E-state index in [-0.39, 0.29) is 24.8 Å². The summed E-state index contributed by atoms with van der Waals surface area (Å²) < 4.78 is 5.46. The molecule has 144 valence electrons. The Morgan fingerprint density at radius 2 is 1.89 bits per heavy atom. The van der Waals surface area contributed by atoms with Gasteiger partial charge in [0.25, 0.3) is 0 Å². The molecule has 0 radical (unpaired) electrons. The van der Waals surface area contributed by atoms with E-state index < -0.39 is 0 Å². The number of allylic oxidation sites excluding steroid dienone is 1. The van der Waals surface area contributed by atoms with Crippen LogP contribution in [0.1, 0.15) is 24.0 Å². The second-order valence-electron chi connectivity index (χ2n) is 6.44. The minimum atomic E-state index is 0. The van der Waals surface area contributed by atoms with Crippen LogP contribution in [0.5, 0.6) is 0 Å². The van der Waals surface area contributed by atoms with Crippen LogP contribution < -0.4 is 4.90 Å². The summed E-state index contributed by atoms with van der Waals surface area (Å²) in [5, 5.41) is 0. The molecule has 1 aromatic heterocycles. The van der Waals surface area contributed by atoms with E-state index >= 15 is 0 Å². The van der Waals surface area contributed by atoms with Gasteiger partial charge in [0.15, 0.2) is 0 Å². The molecular formula is C21H25Cl2N3O. The highest BCUT2D eigenvalue weighted by Gasteiger charge is 2.15. The molecular weight excluding hydrogens is 381 g/mol. The van der Waals surface area contributed by atoms with Gasteiger partial charge in [-0.1, -0.05) is 12.1 Å². The van der Waals surface area contributed by atoms with Crippen LogP contribution in [0.2, 0.25) is 0 Å². The highest BCUT2D eigenvalue weighted by Crippen LogP contribution is 2.24. The first-order valence-corrected chi connectivity index (χ1v) is 8.99. The number of hydrogen-bond donors (Lipinski definition) is 0. The van der Waals surface area contributed by atoms with Crippen molar-refractivity contribution >= 4 is 42.3 Å². The van der Waals surface area contributed by atoms with Gasteiger partial charge in [0.2, 0.25) is 0 Å². The number of rotatable bonds is 3. The first kappa shape index (κ1) is 21.4. The molecule has 3 heterocycles. The molecule has 27 heavy (non-hydrogen) atoms. The standard InChI is InChI=1S/C21H23N3O.2ClH/c1-4-17(15-20(7-1)24-10-12-25-13-11-24)14-18-5-3-9-23-21(18)19-6-2-8-22-16-19;;/h1-2,4,6-8,14-16H,3,5,9-13H2;2*1H. The van der Waals surface area contributed by atoms with Crippen molar-refractivity contribution in [1.82, 2.24) is 4.98 Å². The fourth-order valence-corrected chi connectivity index (χ4v) is 3.43. The first-order chi connectivity index (χ1) is 12.4. The lowest BCUT2D eigenvalue weighted by atomic mass is 9.95. The van der Waals surface area contributed by atoms with Crippen molar-refractivity contribution in [2.45, 2.75) is 12.8 Å². The quantitative estimate of drug-likeness (QED) is 0.757. The molecule has 0 N–H and O–H groups in total. The number of ether oxygens (including phenoxy) is 1. The summed E-state index contributed by atoms with van der Waals surface area (Å²) in [4.78, 5) is 11.4. The van der Waals surface area contributed by atoms with Crippen LogP contribution in [0.4, 0.5) is 5.69 Å². The Morgan fingerprint density at radius 3 is 2.67 bits per heavy atom. The molecule has 0 saturated carbocycles. The lowest BCUT2D eigenvalue weighted by Gasteiger charge is -2.29. The van der Waals surface area contributed by atoms with Crippen LogP contribution in [0.3, 0.4) is 0 Å². The van der Waals surface area contributed by atoms with Gasteiger partial charge < -0.3 is 9.64 Å². The smallest absolute Gasteiger partial charge is 0.0694 e. The van der Waals surface area contributed by atoms with Crippen molar-refractivity contribution in [3.8, 4) is 0 Å². The highest BCUT2D eigenvalue weighted by atomic mass is 35.5. The van der Waals surface area contributed by atoms with E-state index in [0.717, 1.165) is 57.0 Å². The number of aromatic nitrogens is 1. The summed E-state index contributed by atoms with van der Waals surface area (Å²) in [6.07, 6.45) is 8.17. The maximum Gasteiger partial charge on any atom is 0.0694 e. The topological polar surface area (TPSA) is 37.7 Å². The Balaban J connectivity index is 0.00000131. The maximum atomic E-state index is 5.46. The van der Waals surface area contributed by atoms with Gasteiger partial charge in [-0.15, -0.1) is 24.8 Å². The second-order valence-corrected chi connectivity index (χ2v) is 6.44. The van der Waals surface area contributed by atoms with Gasteiger partial charge in [-0.25, -0.2) is 0 Å². The van der Waals surface area contributed by atoms with E-state index in [4.69, 9.17) is 9.73 Å². The average molecular weight is 406 g/mol. The molecule has 0 atom stereocenters. The Hall–Kier alpha value is -1.88. The molecule has 6 heteroatoms. The fraction of sp³-hybridized carbons (Fsp3) is 0.333. The van der Waals surface area contributed by atoms with Gasteiger partial charge in [0.05, 0.1) is 18.9 Å². The van der Waals surface area contributed by atoms with E-state index in [0.29, 0.717) is 0 Å². The first-order valence-electron chi connectivity index (χ1n) is 8.99. The van der Waals surface area contributed by atoms with E-state index in [1.165, 1.54) is 16.8 Å². The third kappa shape index (κ3) is 5.32. The third-order valence-electron chi connectivity index (χ3n) is 4.70. The molecule has 0 aliphatic carbocycles. The van der Waals surface area contributed by atoms with Crippen LogP contribution in [0.25, 0.3) is 6.08 Å². The number of halogens is 2. The van der Waals surface area contributed by atoms with Gasteiger partial charge in [0, 0.05) is 43.3 Å². The van der Waals surface area contributed by atoms with E-state index in [9.17, 15) is 0 Å². The number of aliphatic imine (C=N–C) groups is 1. The molecule has 0 amide bonds. The molecule has 0 unspecified atom stereocenters. The summed E-state index contributed by atoms with van der Waals surface area (Å²) in [6.45, 7) is 4.44. The van der Waals surface area contributed by atoms with Crippen molar-refractivity contribution in [3.05, 3.63) is 65.5 Å². The van der Waals surface area contributed by atoms with Gasteiger partial charge in [-0.3, -0.25) is 9.98 Å². The van der Waals surface area contributed by atoms with Gasteiger partial charge in [0.1, 0.15) is 0 Å². The van der Waals surface area contributed by atoms with Crippen molar-refractivity contribution in [3.63, 3.8) is 0 Å². The Kier molecular flexibility index (Phi) is 8.29. The van der Waals surface area contributed by atoms with E-state index in [1.807, 2.05) is 18.5 Å². The molecule has 4 nitrogen and oxygen atoms in total. The van der Waals surface area contributed by atoms with E-state index in [1.54, 1.807) is 0 Å². The van der Waals surface area contributed by atoms with Crippen LogP contribution in [0, 0.1) is 0 Å². The largest absolute Gasteiger partial charge is 0.378 e. The summed E-state index contributed by atoms with van der Waals surface area (Å²) in [5.41, 5.74) is 6.01. The maximum absolute atomic E-state index is 5.46. The molecule has 0 spiro atoms. The van der Waals surface area contributed by atoms with Crippen LogP contribution in [-0.4, -0.2) is 43.5 Å². The minimum Gasteiger partial charge on any atom is -0.378 e. The average Bonchev–Trinajstić information content (AvgIpc) is 2.70. The van der Waals surface area contributed by atoms with Gasteiger partial charge in [-0.05, 0) is 54.3 Å². The molecule has 1 fully saturated rings. The number of benzene rings is 1. The predicted molar refractivity (Wildman–Crippen MR) is 117 cm³/mol. The number of anilines is 1. The monoisotopic (exact) mass is 405 g/mol. The lowest BCUT2D eigenvalue weighted by Crippen LogP contribution is -2.36. The molecule has 2 aliphatic heterocycles. The highest BCUT2D eigenvalue weighted by molar-refractivity contribution is 6.15. The number of morpholine rings is 1. The van der Waals surface area contributed by atoms with Crippen LogP contribution in [0.15, 0.2) is 59.4 Å². The summed E-state index contributed by atoms with van der Waals surface area (Å²) in [7, 11) is 0. The second kappa shape index (κ2) is 10.5. The van der Waals surface area contributed by atoms with Gasteiger partial charge >= 0.3 is 0 Å². The van der Waals surface area contributed by atoms with Gasteiger partial charge in [-0.2, -0.15) is 0 Å². The van der Waals surface area contributed by atoms with Crippen molar-refractivity contribution in [2.24, 2.45) is 4.99 Å². The van der Waals surface area contributed by atoms with Crippen LogP contribution >= 0.6 is 24.8 Å². The Labute approximate surface area is 173 Å². The number of hydrogen-bond acceptors (Lipinski definition) is 4. The molecule has 0 bridgehead atoms. The zero-order chi connectivity index (χ0) is 16.9. The lowest BCUT2D eigenvalue weighted by molar-refractivity contribution is 0.122. The molecule has 1 aromatic carbocycles. The third-order valence-corrected chi connectivity index (χ3v) is 4.70. The molecule has 1 saturated heterocycles. The van der Waals surface area contributed by atoms with Crippen LogP contribution in [-0.2, 0) is 4.74 Å². The summed E-state index contributed by atoms with van der Waals surface area (Å²) in [5.74, 6) is 0. The number of pyridine rings is 1. The van der Waals surface area contributed by atoms with Crippen molar-refractivity contribution < 1.29 is 4.74 Å².